The Morgan fingerprint density at radius 1 is 1.32 bits per heavy atom. The highest BCUT2D eigenvalue weighted by Gasteiger charge is 2.21. The highest BCUT2D eigenvalue weighted by Crippen LogP contribution is 2.35. The molecule has 0 aliphatic heterocycles. The lowest BCUT2D eigenvalue weighted by molar-refractivity contribution is 0.875. The van der Waals surface area contributed by atoms with Crippen molar-refractivity contribution in [2.75, 3.05) is 16.8 Å². The number of rotatable bonds is 4. The third kappa shape index (κ3) is 2.98. The summed E-state index contributed by atoms with van der Waals surface area (Å²) in [6, 6.07) is 7.49. The summed E-state index contributed by atoms with van der Waals surface area (Å²) in [5.41, 5.74) is 13.3. The monoisotopic (exact) mass is 410 g/mol. The maximum atomic E-state index is 9.39. The van der Waals surface area contributed by atoms with Gasteiger partial charge in [0.1, 0.15) is 28.1 Å². The molecule has 0 bridgehead atoms. The molecule has 0 saturated heterocycles. The quantitative estimate of drug-likeness (QED) is 0.466. The number of nitrogen functional groups attached to an aromatic ring is 2. The Labute approximate surface area is 169 Å². The summed E-state index contributed by atoms with van der Waals surface area (Å²) in [7, 11) is 0. The first-order chi connectivity index (χ1) is 13.5. The summed E-state index contributed by atoms with van der Waals surface area (Å²) < 4.78 is 1.99. The van der Waals surface area contributed by atoms with Crippen molar-refractivity contribution < 1.29 is 0 Å². The van der Waals surface area contributed by atoms with Crippen molar-refractivity contribution in [2.24, 2.45) is 0 Å². The van der Waals surface area contributed by atoms with Crippen molar-refractivity contribution in [3.05, 3.63) is 52.1 Å². The van der Waals surface area contributed by atoms with Gasteiger partial charge in [0.25, 0.3) is 0 Å². The molecule has 5 N–H and O–H groups in total. The number of thiophene rings is 1. The summed E-state index contributed by atoms with van der Waals surface area (Å²) in [6.07, 6.45) is 3.66. The fourth-order valence-corrected chi connectivity index (χ4v) is 4.00. The number of aromatic nitrogens is 4. The molecular weight excluding hydrogens is 396 g/mol. The molecule has 0 radical (unpaired) electrons. The second-order valence-corrected chi connectivity index (χ2v) is 7.40. The molecule has 10 heteroatoms. The van der Waals surface area contributed by atoms with Crippen LogP contribution in [-0.2, 0) is 0 Å². The van der Waals surface area contributed by atoms with E-state index in [0.717, 1.165) is 21.6 Å². The van der Waals surface area contributed by atoms with E-state index < -0.39 is 0 Å². The zero-order chi connectivity index (χ0) is 19.8. The molecule has 0 aromatic carbocycles. The van der Waals surface area contributed by atoms with E-state index in [-0.39, 0.29) is 29.2 Å². The molecule has 0 aliphatic carbocycles. The first-order valence-corrected chi connectivity index (χ1v) is 9.54. The second-order valence-electron chi connectivity index (χ2n) is 6.07. The van der Waals surface area contributed by atoms with Crippen molar-refractivity contribution in [2.45, 2.75) is 13.0 Å². The second kappa shape index (κ2) is 6.99. The van der Waals surface area contributed by atoms with E-state index in [1.165, 1.54) is 0 Å². The molecule has 1 atom stereocenters. The summed E-state index contributed by atoms with van der Waals surface area (Å²) in [6.45, 7) is 1.94. The van der Waals surface area contributed by atoms with Crippen LogP contribution >= 0.6 is 22.9 Å². The van der Waals surface area contributed by atoms with Gasteiger partial charge in [-0.15, -0.1) is 11.3 Å². The van der Waals surface area contributed by atoms with Crippen LogP contribution < -0.4 is 16.8 Å². The van der Waals surface area contributed by atoms with Crippen molar-refractivity contribution in [1.82, 2.24) is 19.5 Å². The number of nitrogens with zero attached hydrogens (tertiary/aromatic N) is 5. The SMILES string of the molecule is CC(Nc1nc(N)nc(N)c1C#N)c1cn(-c2cccs2)c2nccc(Cl)c12. The van der Waals surface area contributed by atoms with Crippen molar-refractivity contribution in [3.8, 4) is 11.1 Å². The summed E-state index contributed by atoms with van der Waals surface area (Å²) in [5, 5.41) is 17.0. The standard InChI is InChI=1S/C18H15ClN8S/c1-9(24-16-10(7-20)15(21)25-18(22)26-16)11-8-27(13-3-2-6-28-13)17-14(11)12(19)4-5-23-17/h2-6,8-9H,1H3,(H5,21,22,24,25,26). The molecule has 28 heavy (non-hydrogen) atoms. The van der Waals surface area contributed by atoms with Crippen LogP contribution in [-0.4, -0.2) is 19.5 Å². The van der Waals surface area contributed by atoms with Gasteiger partial charge in [-0.1, -0.05) is 11.6 Å². The van der Waals surface area contributed by atoms with Gasteiger partial charge in [0, 0.05) is 23.3 Å². The van der Waals surface area contributed by atoms with E-state index in [2.05, 4.69) is 20.3 Å². The minimum atomic E-state index is -0.258. The highest BCUT2D eigenvalue weighted by atomic mass is 35.5. The Morgan fingerprint density at radius 3 is 2.86 bits per heavy atom. The molecule has 0 aliphatic rings. The minimum absolute atomic E-state index is 0.00749. The minimum Gasteiger partial charge on any atom is -0.382 e. The summed E-state index contributed by atoms with van der Waals surface area (Å²) in [4.78, 5) is 12.5. The van der Waals surface area contributed by atoms with Crippen LogP contribution in [0.15, 0.2) is 36.0 Å². The molecule has 0 fully saturated rings. The Bertz CT molecular complexity index is 1210. The lowest BCUT2D eigenvalue weighted by Crippen LogP contribution is -2.13. The molecule has 0 saturated carbocycles. The predicted octanol–water partition coefficient (Wildman–Crippen LogP) is 3.74. The smallest absolute Gasteiger partial charge is 0.224 e. The number of anilines is 3. The number of nitrogens with one attached hydrogen (secondary N) is 1. The number of nitrogens with two attached hydrogens (primary N) is 2. The normalized spacial score (nSPS) is 12.0. The molecule has 140 valence electrons. The van der Waals surface area contributed by atoms with Gasteiger partial charge in [-0.3, -0.25) is 4.57 Å². The Kier molecular flexibility index (Phi) is 4.50. The maximum absolute atomic E-state index is 9.39. The van der Waals surface area contributed by atoms with Crippen molar-refractivity contribution >= 4 is 51.6 Å². The zero-order valence-corrected chi connectivity index (χ0v) is 16.3. The van der Waals surface area contributed by atoms with Crippen molar-refractivity contribution in [3.63, 3.8) is 0 Å². The van der Waals surface area contributed by atoms with Crippen LogP contribution in [0.2, 0.25) is 5.02 Å². The van der Waals surface area contributed by atoms with E-state index >= 15 is 0 Å². The van der Waals surface area contributed by atoms with Gasteiger partial charge < -0.3 is 16.8 Å². The van der Waals surface area contributed by atoms with Gasteiger partial charge in [0.2, 0.25) is 5.95 Å². The summed E-state index contributed by atoms with van der Waals surface area (Å²) in [5.74, 6) is 0.300. The molecule has 4 aromatic rings. The zero-order valence-electron chi connectivity index (χ0n) is 14.7. The molecular formula is C18H15ClN8S. The van der Waals surface area contributed by atoms with Gasteiger partial charge in [-0.05, 0) is 30.5 Å². The fourth-order valence-electron chi connectivity index (χ4n) is 3.04. The van der Waals surface area contributed by atoms with E-state index in [9.17, 15) is 5.26 Å². The van der Waals surface area contributed by atoms with E-state index in [1.807, 2.05) is 41.3 Å². The molecule has 0 spiro atoms. The first-order valence-electron chi connectivity index (χ1n) is 8.28. The number of hydrogen-bond acceptors (Lipinski definition) is 8. The molecule has 4 heterocycles. The van der Waals surface area contributed by atoms with Gasteiger partial charge in [-0.2, -0.15) is 15.2 Å². The van der Waals surface area contributed by atoms with Crippen LogP contribution in [0.1, 0.15) is 24.1 Å². The molecule has 4 rings (SSSR count). The van der Waals surface area contributed by atoms with E-state index in [4.69, 9.17) is 23.1 Å². The average molecular weight is 411 g/mol. The lowest BCUT2D eigenvalue weighted by Gasteiger charge is -2.16. The number of nitriles is 1. The fraction of sp³-hybridized carbons (Fsp3) is 0.111. The molecule has 4 aromatic heterocycles. The topological polar surface area (TPSA) is 131 Å². The predicted molar refractivity (Wildman–Crippen MR) is 112 cm³/mol. The van der Waals surface area contributed by atoms with Crippen molar-refractivity contribution in [1.29, 1.82) is 5.26 Å². The van der Waals surface area contributed by atoms with E-state index in [1.54, 1.807) is 23.6 Å². The number of pyridine rings is 1. The average Bonchev–Trinajstić information content (AvgIpc) is 3.29. The molecule has 0 amide bonds. The molecule has 8 nitrogen and oxygen atoms in total. The third-order valence-corrected chi connectivity index (χ3v) is 5.48. The maximum Gasteiger partial charge on any atom is 0.224 e. The van der Waals surface area contributed by atoms with Gasteiger partial charge in [0.15, 0.2) is 5.82 Å². The Hall–Kier alpha value is -3.35. The largest absolute Gasteiger partial charge is 0.382 e. The van der Waals surface area contributed by atoms with Gasteiger partial charge in [0.05, 0.1) is 11.1 Å². The van der Waals surface area contributed by atoms with Crippen LogP contribution in [0.5, 0.6) is 0 Å². The summed E-state index contributed by atoms with van der Waals surface area (Å²) >= 11 is 8.10. The van der Waals surface area contributed by atoms with Crippen LogP contribution in [0.4, 0.5) is 17.6 Å². The Balaban J connectivity index is 1.83. The number of fused-ring (bicyclic) bond motifs is 1. The first kappa shape index (κ1) is 18.0. The number of hydrogen-bond donors (Lipinski definition) is 3. The molecule has 1 unspecified atom stereocenters. The third-order valence-electron chi connectivity index (χ3n) is 4.29. The van der Waals surface area contributed by atoms with Crippen LogP contribution in [0.3, 0.4) is 0 Å². The number of halogens is 1. The van der Waals surface area contributed by atoms with E-state index in [0.29, 0.717) is 5.02 Å². The van der Waals surface area contributed by atoms with Crippen LogP contribution in [0.25, 0.3) is 16.0 Å². The Morgan fingerprint density at radius 2 is 2.14 bits per heavy atom. The lowest BCUT2D eigenvalue weighted by atomic mass is 10.1. The van der Waals surface area contributed by atoms with Gasteiger partial charge in [-0.25, -0.2) is 4.98 Å². The van der Waals surface area contributed by atoms with Crippen LogP contribution in [0, 0.1) is 11.3 Å². The van der Waals surface area contributed by atoms with Gasteiger partial charge >= 0.3 is 0 Å². The highest BCUT2D eigenvalue weighted by molar-refractivity contribution is 7.12.